The maximum Gasteiger partial charge on any atom is 0.126 e. The highest BCUT2D eigenvalue weighted by Gasteiger charge is 2.01. The summed E-state index contributed by atoms with van der Waals surface area (Å²) in [5.41, 5.74) is 2.67. The normalized spacial score (nSPS) is 10.4. The molecular formula is C14H12BrClFN. The van der Waals surface area contributed by atoms with Crippen molar-refractivity contribution in [2.45, 2.75) is 13.5 Å². The lowest BCUT2D eigenvalue weighted by molar-refractivity contribution is 0.617. The lowest BCUT2D eigenvalue weighted by Gasteiger charge is -2.08. The van der Waals surface area contributed by atoms with Crippen molar-refractivity contribution in [2.75, 3.05) is 5.32 Å². The number of anilines is 1. The van der Waals surface area contributed by atoms with Gasteiger partial charge in [-0.15, -0.1) is 0 Å². The first-order valence-corrected chi connectivity index (χ1v) is 6.67. The Morgan fingerprint density at radius 2 is 2.00 bits per heavy atom. The van der Waals surface area contributed by atoms with Gasteiger partial charge in [-0.25, -0.2) is 4.39 Å². The molecule has 0 aliphatic rings. The van der Waals surface area contributed by atoms with Gasteiger partial charge in [0.25, 0.3) is 0 Å². The summed E-state index contributed by atoms with van der Waals surface area (Å²) < 4.78 is 14.0. The zero-order valence-corrected chi connectivity index (χ0v) is 12.1. The van der Waals surface area contributed by atoms with E-state index in [4.69, 9.17) is 11.6 Å². The summed E-state index contributed by atoms with van der Waals surface area (Å²) in [5, 5.41) is 3.94. The lowest BCUT2D eigenvalue weighted by atomic mass is 10.1. The van der Waals surface area contributed by atoms with Crippen LogP contribution in [0.5, 0.6) is 0 Å². The van der Waals surface area contributed by atoms with Crippen LogP contribution in [-0.4, -0.2) is 0 Å². The van der Waals surface area contributed by atoms with Gasteiger partial charge < -0.3 is 5.32 Å². The Hall–Kier alpha value is -1.06. The molecule has 0 saturated carbocycles. The van der Waals surface area contributed by atoms with Crippen LogP contribution in [0.2, 0.25) is 5.02 Å². The largest absolute Gasteiger partial charge is 0.381 e. The standard InChI is InChI=1S/C14H12BrClFN/c1-9-6-10(2-5-14(9)17)8-18-11-3-4-13(16)12(15)7-11/h2-7,18H,8H2,1H3. The molecule has 4 heteroatoms. The van der Waals surface area contributed by atoms with Crippen LogP contribution >= 0.6 is 27.5 Å². The minimum atomic E-state index is -0.173. The minimum Gasteiger partial charge on any atom is -0.381 e. The predicted octanol–water partition coefficient (Wildman–Crippen LogP) is 5.16. The molecule has 0 unspecified atom stereocenters. The molecule has 0 aliphatic heterocycles. The average molecular weight is 329 g/mol. The first-order valence-electron chi connectivity index (χ1n) is 5.50. The van der Waals surface area contributed by atoms with Crippen LogP contribution in [0, 0.1) is 12.7 Å². The molecule has 0 aliphatic carbocycles. The van der Waals surface area contributed by atoms with Gasteiger partial charge in [-0.05, 0) is 58.2 Å². The van der Waals surface area contributed by atoms with Gasteiger partial charge in [-0.2, -0.15) is 0 Å². The molecule has 0 radical (unpaired) electrons. The second kappa shape index (κ2) is 5.72. The van der Waals surface area contributed by atoms with Crippen molar-refractivity contribution < 1.29 is 4.39 Å². The molecular weight excluding hydrogens is 317 g/mol. The van der Waals surface area contributed by atoms with Crippen molar-refractivity contribution in [3.8, 4) is 0 Å². The van der Waals surface area contributed by atoms with E-state index in [0.717, 1.165) is 15.7 Å². The summed E-state index contributed by atoms with van der Waals surface area (Å²) in [7, 11) is 0. The maximum atomic E-state index is 13.1. The second-order valence-corrected chi connectivity index (χ2v) is 5.33. The number of rotatable bonds is 3. The fraction of sp³-hybridized carbons (Fsp3) is 0.143. The quantitative estimate of drug-likeness (QED) is 0.820. The number of halogens is 3. The lowest BCUT2D eigenvalue weighted by Crippen LogP contribution is -2.00. The predicted molar refractivity (Wildman–Crippen MR) is 77.6 cm³/mol. The molecule has 0 atom stereocenters. The van der Waals surface area contributed by atoms with E-state index in [1.807, 2.05) is 24.3 Å². The fourth-order valence-electron chi connectivity index (χ4n) is 1.63. The molecule has 0 heterocycles. The molecule has 2 rings (SSSR count). The maximum absolute atomic E-state index is 13.1. The topological polar surface area (TPSA) is 12.0 Å². The number of aryl methyl sites for hydroxylation is 1. The van der Waals surface area contributed by atoms with Gasteiger partial charge in [0.05, 0.1) is 5.02 Å². The Kier molecular flexibility index (Phi) is 4.25. The zero-order chi connectivity index (χ0) is 13.1. The summed E-state index contributed by atoms with van der Waals surface area (Å²) in [6.07, 6.45) is 0. The summed E-state index contributed by atoms with van der Waals surface area (Å²) in [4.78, 5) is 0. The van der Waals surface area contributed by atoms with E-state index in [1.54, 1.807) is 13.0 Å². The van der Waals surface area contributed by atoms with Crippen LogP contribution < -0.4 is 5.32 Å². The van der Waals surface area contributed by atoms with Gasteiger partial charge in [-0.3, -0.25) is 0 Å². The smallest absolute Gasteiger partial charge is 0.126 e. The Bertz CT molecular complexity index is 520. The molecule has 0 spiro atoms. The SMILES string of the molecule is Cc1cc(CNc2ccc(Cl)c(Br)c2)ccc1F. The third-order valence-electron chi connectivity index (χ3n) is 2.64. The molecule has 94 valence electrons. The van der Waals surface area contributed by atoms with Gasteiger partial charge in [0.15, 0.2) is 0 Å². The van der Waals surface area contributed by atoms with E-state index in [0.29, 0.717) is 17.1 Å². The molecule has 2 aromatic rings. The average Bonchev–Trinajstić information content (AvgIpc) is 2.35. The minimum absolute atomic E-state index is 0.173. The Morgan fingerprint density at radius 1 is 1.22 bits per heavy atom. The first kappa shape index (κ1) is 13.4. The number of nitrogens with one attached hydrogen (secondary N) is 1. The van der Waals surface area contributed by atoms with Crippen molar-refractivity contribution >= 4 is 33.2 Å². The van der Waals surface area contributed by atoms with Crippen LogP contribution in [-0.2, 0) is 6.54 Å². The van der Waals surface area contributed by atoms with Crippen LogP contribution in [0.3, 0.4) is 0 Å². The van der Waals surface area contributed by atoms with Gasteiger partial charge in [0.1, 0.15) is 5.82 Å². The van der Waals surface area contributed by atoms with Crippen molar-refractivity contribution in [1.29, 1.82) is 0 Å². The summed E-state index contributed by atoms with van der Waals surface area (Å²) in [6.45, 7) is 2.41. The van der Waals surface area contributed by atoms with E-state index in [1.165, 1.54) is 6.07 Å². The Morgan fingerprint density at radius 3 is 2.67 bits per heavy atom. The highest BCUT2D eigenvalue weighted by Crippen LogP contribution is 2.25. The number of benzene rings is 2. The van der Waals surface area contributed by atoms with Gasteiger partial charge in [0, 0.05) is 16.7 Å². The zero-order valence-electron chi connectivity index (χ0n) is 9.81. The molecule has 18 heavy (non-hydrogen) atoms. The van der Waals surface area contributed by atoms with E-state index in [9.17, 15) is 4.39 Å². The Balaban J connectivity index is 2.06. The van der Waals surface area contributed by atoms with Gasteiger partial charge in [0.2, 0.25) is 0 Å². The molecule has 0 fully saturated rings. The molecule has 0 bridgehead atoms. The Labute approximate surface area is 119 Å². The highest BCUT2D eigenvalue weighted by molar-refractivity contribution is 9.10. The van der Waals surface area contributed by atoms with Crippen LogP contribution in [0.15, 0.2) is 40.9 Å². The van der Waals surface area contributed by atoms with Crippen molar-refractivity contribution in [3.63, 3.8) is 0 Å². The molecule has 0 saturated heterocycles. The first-order chi connectivity index (χ1) is 8.56. The van der Waals surface area contributed by atoms with E-state index >= 15 is 0 Å². The number of hydrogen-bond acceptors (Lipinski definition) is 1. The second-order valence-electron chi connectivity index (χ2n) is 4.07. The molecule has 2 aromatic carbocycles. The van der Waals surface area contributed by atoms with Crippen LogP contribution in [0.1, 0.15) is 11.1 Å². The van der Waals surface area contributed by atoms with Crippen LogP contribution in [0.4, 0.5) is 10.1 Å². The van der Waals surface area contributed by atoms with E-state index in [2.05, 4.69) is 21.2 Å². The number of hydrogen-bond donors (Lipinski definition) is 1. The van der Waals surface area contributed by atoms with Gasteiger partial charge >= 0.3 is 0 Å². The monoisotopic (exact) mass is 327 g/mol. The van der Waals surface area contributed by atoms with E-state index in [-0.39, 0.29) is 5.82 Å². The fourth-order valence-corrected chi connectivity index (χ4v) is 2.12. The van der Waals surface area contributed by atoms with Crippen molar-refractivity contribution in [3.05, 3.63) is 62.8 Å². The van der Waals surface area contributed by atoms with Gasteiger partial charge in [-0.1, -0.05) is 23.7 Å². The van der Waals surface area contributed by atoms with Crippen molar-refractivity contribution in [2.24, 2.45) is 0 Å². The molecule has 1 nitrogen and oxygen atoms in total. The molecule has 1 N–H and O–H groups in total. The van der Waals surface area contributed by atoms with E-state index < -0.39 is 0 Å². The third-order valence-corrected chi connectivity index (χ3v) is 3.85. The van der Waals surface area contributed by atoms with Crippen LogP contribution in [0.25, 0.3) is 0 Å². The summed E-state index contributed by atoms with van der Waals surface area (Å²) in [6, 6.07) is 10.8. The highest BCUT2D eigenvalue weighted by atomic mass is 79.9. The summed E-state index contributed by atoms with van der Waals surface area (Å²) in [5.74, 6) is -0.173. The molecule has 0 amide bonds. The molecule has 0 aromatic heterocycles. The summed E-state index contributed by atoms with van der Waals surface area (Å²) >= 11 is 9.29. The third kappa shape index (κ3) is 3.24. The van der Waals surface area contributed by atoms with Crippen molar-refractivity contribution in [1.82, 2.24) is 0 Å².